The molecule has 4 fully saturated rings. The van der Waals surface area contributed by atoms with Crippen molar-refractivity contribution in [2.45, 2.75) is 136 Å². The first-order valence-corrected chi connectivity index (χ1v) is 15.5. The molecular weight excluding hydrogens is 419 g/mol. The van der Waals surface area contributed by atoms with Gasteiger partial charge in [-0.05, 0) is 88.7 Å². The van der Waals surface area contributed by atoms with Crippen LogP contribution in [0.3, 0.4) is 0 Å². The van der Waals surface area contributed by atoms with Gasteiger partial charge >= 0.3 is 13.1 Å². The van der Waals surface area contributed by atoms with E-state index in [4.69, 9.17) is 18.5 Å². The molecule has 0 unspecified atom stereocenters. The Morgan fingerprint density at radius 2 is 1.75 bits per heavy atom. The summed E-state index contributed by atoms with van der Waals surface area (Å²) in [5, 5.41) is 0.0779. The Morgan fingerprint density at radius 3 is 2.28 bits per heavy atom. The number of carbonyl (C=O) groups excluding carboxylic acids is 1. The van der Waals surface area contributed by atoms with Gasteiger partial charge in [-0.2, -0.15) is 0 Å². The summed E-state index contributed by atoms with van der Waals surface area (Å²) in [7, 11) is -2.25. The molecule has 0 radical (unpaired) electrons. The molecule has 7 heteroatoms. The Hall–Kier alpha value is -0.368. The monoisotopic (exact) mass is 466 g/mol. The highest BCUT2D eigenvalue weighted by atomic mass is 28.4. The molecule has 3 saturated carbocycles. The van der Waals surface area contributed by atoms with Crippen LogP contribution in [0.2, 0.25) is 24.5 Å². The SMILES string of the molecule is CC(C)(C)OC(=O)C[C@H](CCB1O[C@@H]2C[C@@H]3C[C@@H](C3(C)C)[C@]2(C)O1)O[Si](C)(C)C(C)(C)C. The zero-order valence-corrected chi connectivity index (χ0v) is 23.5. The second kappa shape index (κ2) is 8.39. The number of rotatable bonds is 7. The topological polar surface area (TPSA) is 54.0 Å². The highest BCUT2D eigenvalue weighted by Crippen LogP contribution is 2.65. The minimum absolute atomic E-state index is 0.0779. The van der Waals surface area contributed by atoms with Crippen LogP contribution in [0.25, 0.3) is 0 Å². The zero-order valence-electron chi connectivity index (χ0n) is 22.5. The normalized spacial score (nSPS) is 32.8. The minimum atomic E-state index is -2.03. The Labute approximate surface area is 197 Å². The van der Waals surface area contributed by atoms with Crippen molar-refractivity contribution in [3.05, 3.63) is 0 Å². The third-order valence-electron chi connectivity index (χ3n) is 8.81. The molecule has 5 nitrogen and oxygen atoms in total. The molecule has 0 spiro atoms. The van der Waals surface area contributed by atoms with Crippen LogP contribution in [-0.4, -0.2) is 44.8 Å². The molecule has 0 aromatic heterocycles. The third-order valence-corrected chi connectivity index (χ3v) is 13.3. The van der Waals surface area contributed by atoms with Gasteiger partial charge in [0.2, 0.25) is 0 Å². The van der Waals surface area contributed by atoms with Gasteiger partial charge in [-0.1, -0.05) is 34.6 Å². The lowest BCUT2D eigenvalue weighted by atomic mass is 9.43. The van der Waals surface area contributed by atoms with E-state index in [-0.39, 0.29) is 42.4 Å². The van der Waals surface area contributed by atoms with Gasteiger partial charge in [0.25, 0.3) is 0 Å². The zero-order chi connectivity index (χ0) is 24.3. The highest BCUT2D eigenvalue weighted by molar-refractivity contribution is 6.74. The summed E-state index contributed by atoms with van der Waals surface area (Å²) in [4.78, 5) is 12.6. The first-order chi connectivity index (χ1) is 14.3. The second-order valence-electron chi connectivity index (χ2n) is 13.8. The summed E-state index contributed by atoms with van der Waals surface area (Å²) in [6, 6.07) is 0. The molecule has 0 N–H and O–H groups in total. The van der Waals surface area contributed by atoms with E-state index in [1.54, 1.807) is 0 Å². The molecule has 0 amide bonds. The number of carbonyl (C=O) groups is 1. The van der Waals surface area contributed by atoms with Crippen LogP contribution < -0.4 is 0 Å². The molecule has 4 rings (SSSR count). The van der Waals surface area contributed by atoms with Crippen molar-refractivity contribution in [2.24, 2.45) is 17.3 Å². The van der Waals surface area contributed by atoms with Crippen molar-refractivity contribution < 1.29 is 23.3 Å². The summed E-state index contributed by atoms with van der Waals surface area (Å²) in [6.45, 7) is 23.9. The molecule has 4 aliphatic rings. The van der Waals surface area contributed by atoms with Gasteiger partial charge in [-0.25, -0.2) is 0 Å². The van der Waals surface area contributed by atoms with E-state index >= 15 is 0 Å². The average molecular weight is 467 g/mol. The smallest absolute Gasteiger partial charge is 0.457 e. The lowest BCUT2D eigenvalue weighted by molar-refractivity contribution is -0.199. The average Bonchev–Trinajstić information content (AvgIpc) is 2.92. The summed E-state index contributed by atoms with van der Waals surface area (Å²) >= 11 is 0. The fourth-order valence-electron chi connectivity index (χ4n) is 5.76. The van der Waals surface area contributed by atoms with Crippen molar-refractivity contribution in [1.82, 2.24) is 0 Å². The van der Waals surface area contributed by atoms with Gasteiger partial charge in [0, 0.05) is 0 Å². The van der Waals surface area contributed by atoms with Gasteiger partial charge in [0.15, 0.2) is 8.32 Å². The molecule has 1 heterocycles. The molecule has 3 aliphatic carbocycles. The van der Waals surface area contributed by atoms with E-state index in [2.05, 4.69) is 54.6 Å². The molecular formula is C25H47BO5Si. The van der Waals surface area contributed by atoms with Gasteiger partial charge in [-0.15, -0.1) is 0 Å². The summed E-state index contributed by atoms with van der Waals surface area (Å²) in [5.41, 5.74) is -0.341. The van der Waals surface area contributed by atoms with E-state index in [9.17, 15) is 4.79 Å². The van der Waals surface area contributed by atoms with Gasteiger partial charge in [0.1, 0.15) is 5.60 Å². The van der Waals surface area contributed by atoms with Crippen LogP contribution in [0.4, 0.5) is 0 Å². The van der Waals surface area contributed by atoms with E-state index in [1.807, 2.05) is 20.8 Å². The molecule has 1 saturated heterocycles. The molecule has 184 valence electrons. The van der Waals surface area contributed by atoms with E-state index < -0.39 is 13.9 Å². The second-order valence-corrected chi connectivity index (χ2v) is 18.5. The number of esters is 1. The van der Waals surface area contributed by atoms with Crippen molar-refractivity contribution in [1.29, 1.82) is 0 Å². The maximum atomic E-state index is 12.6. The summed E-state index contributed by atoms with van der Waals surface area (Å²) in [5.74, 6) is 1.11. The number of ether oxygens (including phenoxy) is 1. The fraction of sp³-hybridized carbons (Fsp3) is 0.960. The lowest BCUT2D eigenvalue weighted by Gasteiger charge is -2.64. The molecule has 0 aromatic rings. The fourth-order valence-corrected chi connectivity index (χ4v) is 7.15. The molecule has 0 aromatic carbocycles. The molecule has 2 bridgehead atoms. The van der Waals surface area contributed by atoms with Crippen molar-refractivity contribution in [2.75, 3.05) is 0 Å². The van der Waals surface area contributed by atoms with E-state index in [0.29, 0.717) is 11.3 Å². The molecule has 1 aliphatic heterocycles. The van der Waals surface area contributed by atoms with Crippen LogP contribution in [-0.2, 0) is 23.3 Å². The Balaban J connectivity index is 1.64. The van der Waals surface area contributed by atoms with Crippen molar-refractivity contribution in [3.8, 4) is 0 Å². The Bertz CT molecular complexity index is 710. The van der Waals surface area contributed by atoms with Crippen LogP contribution in [0.5, 0.6) is 0 Å². The van der Waals surface area contributed by atoms with Gasteiger partial charge in [0.05, 0.1) is 24.2 Å². The summed E-state index contributed by atoms with van der Waals surface area (Å²) < 4.78 is 25.3. The van der Waals surface area contributed by atoms with E-state index in [0.717, 1.165) is 25.1 Å². The quantitative estimate of drug-likeness (QED) is 0.329. The van der Waals surface area contributed by atoms with Crippen LogP contribution in [0, 0.1) is 17.3 Å². The maximum absolute atomic E-state index is 12.6. The van der Waals surface area contributed by atoms with E-state index in [1.165, 1.54) is 6.42 Å². The van der Waals surface area contributed by atoms with Gasteiger partial charge < -0.3 is 18.5 Å². The third kappa shape index (κ3) is 5.16. The first-order valence-electron chi connectivity index (χ1n) is 12.6. The molecule has 32 heavy (non-hydrogen) atoms. The lowest BCUT2D eigenvalue weighted by Crippen LogP contribution is -2.65. The highest BCUT2D eigenvalue weighted by Gasteiger charge is 2.67. The minimum Gasteiger partial charge on any atom is -0.460 e. The van der Waals surface area contributed by atoms with Crippen LogP contribution in [0.1, 0.15) is 88.0 Å². The Kier molecular flexibility index (Phi) is 6.88. The number of hydrogen-bond donors (Lipinski definition) is 0. The van der Waals surface area contributed by atoms with Gasteiger partial charge in [-0.3, -0.25) is 4.79 Å². The predicted molar refractivity (Wildman–Crippen MR) is 132 cm³/mol. The first kappa shape index (κ1) is 26.2. The Morgan fingerprint density at radius 1 is 1.12 bits per heavy atom. The largest absolute Gasteiger partial charge is 0.460 e. The molecule has 5 atom stereocenters. The van der Waals surface area contributed by atoms with Crippen LogP contribution in [0.15, 0.2) is 0 Å². The standard InChI is InChI=1S/C25H47BO5Si/c1-22(2,3)28-21(27)16-18(30-32(10,11)23(4,5)6)12-13-26-29-20-15-17-14-19(24(17,7)8)25(20,9)31-26/h17-20H,12-16H2,1-11H3/t17-,18-,19-,20+,25-/m0/s1. The van der Waals surface area contributed by atoms with Crippen molar-refractivity contribution in [3.63, 3.8) is 0 Å². The van der Waals surface area contributed by atoms with Crippen LogP contribution >= 0.6 is 0 Å². The predicted octanol–water partition coefficient (Wildman–Crippen LogP) is 6.23. The van der Waals surface area contributed by atoms with Crippen molar-refractivity contribution >= 4 is 21.4 Å². The summed E-state index contributed by atoms with van der Waals surface area (Å²) in [6.07, 6.45) is 4.11. The number of hydrogen-bond acceptors (Lipinski definition) is 5. The maximum Gasteiger partial charge on any atom is 0.457 e.